The van der Waals surface area contributed by atoms with Crippen LogP contribution in [-0.4, -0.2) is 18.0 Å². The third-order valence-corrected chi connectivity index (χ3v) is 5.06. The fraction of sp³-hybridized carbons (Fsp3) is 0.346. The van der Waals surface area contributed by atoms with Crippen molar-refractivity contribution in [3.8, 4) is 11.5 Å². The number of benzene rings is 2. The highest BCUT2D eigenvalue weighted by molar-refractivity contribution is 5.85. The molecule has 0 aliphatic carbocycles. The summed E-state index contributed by atoms with van der Waals surface area (Å²) >= 11 is 0. The predicted octanol–water partition coefficient (Wildman–Crippen LogP) is 6.90. The zero-order valence-corrected chi connectivity index (χ0v) is 18.8. The van der Waals surface area contributed by atoms with Gasteiger partial charge in [0.25, 0.3) is 5.69 Å². The molecule has 6 heteroatoms. The van der Waals surface area contributed by atoms with Crippen LogP contribution in [0.5, 0.6) is 11.5 Å². The van der Waals surface area contributed by atoms with Crippen LogP contribution in [0, 0.1) is 10.1 Å². The molecule has 2 aromatic rings. The van der Waals surface area contributed by atoms with E-state index >= 15 is 0 Å². The van der Waals surface area contributed by atoms with Crippen LogP contribution in [0.1, 0.15) is 57.4 Å². The fourth-order valence-corrected chi connectivity index (χ4v) is 3.25. The molecule has 6 nitrogen and oxygen atoms in total. The maximum absolute atomic E-state index is 12.1. The molecular formula is C26H31NO5. The van der Waals surface area contributed by atoms with Crippen LogP contribution in [0.3, 0.4) is 0 Å². The van der Waals surface area contributed by atoms with E-state index in [0.717, 1.165) is 29.7 Å². The summed E-state index contributed by atoms with van der Waals surface area (Å²) in [5.41, 5.74) is 2.18. The van der Waals surface area contributed by atoms with E-state index in [9.17, 15) is 14.9 Å². The number of hydrogen-bond donors (Lipinski definition) is 0. The maximum atomic E-state index is 12.1. The van der Waals surface area contributed by atoms with Crippen molar-refractivity contribution in [1.29, 1.82) is 0 Å². The van der Waals surface area contributed by atoms with Crippen molar-refractivity contribution < 1.29 is 19.2 Å². The van der Waals surface area contributed by atoms with Gasteiger partial charge in [0.05, 0.1) is 12.0 Å². The average Bonchev–Trinajstić information content (AvgIpc) is 2.80. The van der Waals surface area contributed by atoms with Gasteiger partial charge in [-0.15, -0.1) is 0 Å². The maximum Gasteiger partial charge on any atom is 0.336 e. The molecule has 0 aliphatic heterocycles. The van der Waals surface area contributed by atoms with Gasteiger partial charge in [0, 0.05) is 18.2 Å². The molecule has 0 radical (unpaired) electrons. The van der Waals surface area contributed by atoms with Crippen LogP contribution in [0.4, 0.5) is 5.69 Å². The monoisotopic (exact) mass is 437 g/mol. The lowest BCUT2D eigenvalue weighted by Crippen LogP contribution is -2.03. The van der Waals surface area contributed by atoms with E-state index in [2.05, 4.69) is 6.92 Å². The minimum atomic E-state index is -0.538. The second-order valence-corrected chi connectivity index (χ2v) is 7.47. The number of rotatable bonds is 13. The molecule has 2 rings (SSSR count). The molecule has 0 spiro atoms. The van der Waals surface area contributed by atoms with Gasteiger partial charge >= 0.3 is 5.97 Å². The SMILES string of the molecule is CCCCCCCCC(=CC=CC(=O)Oc1ccc([N+](=O)[O-])cc1)c1ccc(OC)cc1. The van der Waals surface area contributed by atoms with Crippen LogP contribution in [0.2, 0.25) is 0 Å². The fourth-order valence-electron chi connectivity index (χ4n) is 3.25. The Morgan fingerprint density at radius 3 is 2.19 bits per heavy atom. The molecule has 2 aromatic carbocycles. The van der Waals surface area contributed by atoms with Gasteiger partial charge < -0.3 is 9.47 Å². The number of unbranched alkanes of at least 4 members (excludes halogenated alkanes) is 5. The third kappa shape index (κ3) is 8.76. The van der Waals surface area contributed by atoms with Gasteiger partial charge in [-0.1, -0.05) is 63.3 Å². The number of allylic oxidation sites excluding steroid dienone is 3. The first-order chi connectivity index (χ1) is 15.5. The zero-order chi connectivity index (χ0) is 23.2. The summed E-state index contributed by atoms with van der Waals surface area (Å²) in [6.07, 6.45) is 13.2. The summed E-state index contributed by atoms with van der Waals surface area (Å²) in [6.45, 7) is 2.21. The van der Waals surface area contributed by atoms with Gasteiger partial charge in [-0.3, -0.25) is 10.1 Å². The smallest absolute Gasteiger partial charge is 0.336 e. The van der Waals surface area contributed by atoms with Crippen molar-refractivity contribution in [1.82, 2.24) is 0 Å². The summed E-state index contributed by atoms with van der Waals surface area (Å²) < 4.78 is 10.5. The van der Waals surface area contributed by atoms with Crippen molar-refractivity contribution >= 4 is 17.2 Å². The zero-order valence-electron chi connectivity index (χ0n) is 18.8. The molecule has 32 heavy (non-hydrogen) atoms. The topological polar surface area (TPSA) is 78.7 Å². The first kappa shape index (κ1) is 24.9. The number of nitrogens with zero attached hydrogens (tertiary/aromatic N) is 1. The normalized spacial score (nSPS) is 11.5. The van der Waals surface area contributed by atoms with Gasteiger partial charge in [0.2, 0.25) is 0 Å². The molecule has 0 N–H and O–H groups in total. The van der Waals surface area contributed by atoms with E-state index in [1.54, 1.807) is 13.2 Å². The highest BCUT2D eigenvalue weighted by atomic mass is 16.6. The summed E-state index contributed by atoms with van der Waals surface area (Å²) in [5, 5.41) is 10.7. The van der Waals surface area contributed by atoms with Crippen LogP contribution < -0.4 is 9.47 Å². The molecule has 0 heterocycles. The molecule has 0 bridgehead atoms. The van der Waals surface area contributed by atoms with E-state index < -0.39 is 10.9 Å². The van der Waals surface area contributed by atoms with Crippen LogP contribution in [0.15, 0.2) is 66.8 Å². The largest absolute Gasteiger partial charge is 0.497 e. The number of hydrogen-bond acceptors (Lipinski definition) is 5. The van der Waals surface area contributed by atoms with Gasteiger partial charge in [-0.2, -0.15) is 0 Å². The molecular weight excluding hydrogens is 406 g/mol. The number of methoxy groups -OCH3 is 1. The summed E-state index contributed by atoms with van der Waals surface area (Å²) in [6, 6.07) is 13.3. The van der Waals surface area contributed by atoms with Crippen LogP contribution in [-0.2, 0) is 4.79 Å². The molecule has 0 fully saturated rings. The molecule has 0 unspecified atom stereocenters. The van der Waals surface area contributed by atoms with E-state index in [-0.39, 0.29) is 11.4 Å². The number of ether oxygens (including phenoxy) is 2. The Hall–Kier alpha value is -3.41. The Morgan fingerprint density at radius 1 is 0.938 bits per heavy atom. The third-order valence-electron chi connectivity index (χ3n) is 5.06. The minimum Gasteiger partial charge on any atom is -0.497 e. The average molecular weight is 438 g/mol. The second kappa shape index (κ2) is 13.8. The molecule has 170 valence electrons. The standard InChI is InChI=1S/C26H31NO5/c1-3-4-5-6-7-8-10-21(22-13-17-24(31-2)18-14-22)11-9-12-26(28)32-25-19-15-23(16-20-25)27(29)30/h9,11-20H,3-8,10H2,1-2H3. The van der Waals surface area contributed by atoms with Crippen molar-refractivity contribution in [2.45, 2.75) is 51.9 Å². The molecule has 0 amide bonds. The van der Waals surface area contributed by atoms with E-state index in [1.807, 2.05) is 30.3 Å². The predicted molar refractivity (Wildman–Crippen MR) is 127 cm³/mol. The molecule has 0 aromatic heterocycles. The van der Waals surface area contributed by atoms with Crippen molar-refractivity contribution in [2.24, 2.45) is 0 Å². The van der Waals surface area contributed by atoms with Gasteiger partial charge in [-0.05, 0) is 48.2 Å². The lowest BCUT2D eigenvalue weighted by molar-refractivity contribution is -0.384. The Morgan fingerprint density at radius 2 is 1.56 bits per heavy atom. The van der Waals surface area contributed by atoms with E-state index in [1.165, 1.54) is 62.4 Å². The first-order valence-corrected chi connectivity index (χ1v) is 11.0. The Kier molecular flexibility index (Phi) is 10.7. The lowest BCUT2D eigenvalue weighted by atomic mass is 9.98. The number of nitro groups is 1. The minimum absolute atomic E-state index is 0.0536. The lowest BCUT2D eigenvalue weighted by Gasteiger charge is -2.09. The molecule has 0 aliphatic rings. The second-order valence-electron chi connectivity index (χ2n) is 7.47. The summed E-state index contributed by atoms with van der Waals surface area (Å²) in [5.74, 6) is 0.523. The molecule has 0 atom stereocenters. The van der Waals surface area contributed by atoms with Crippen molar-refractivity contribution in [3.05, 3.63) is 82.4 Å². The number of nitro benzene ring substituents is 1. The van der Waals surface area contributed by atoms with Crippen LogP contribution in [0.25, 0.3) is 5.57 Å². The highest BCUT2D eigenvalue weighted by Crippen LogP contribution is 2.24. The molecule has 0 saturated heterocycles. The quantitative estimate of drug-likeness (QED) is 0.0648. The summed E-state index contributed by atoms with van der Waals surface area (Å²) in [7, 11) is 1.64. The number of esters is 1. The first-order valence-electron chi connectivity index (χ1n) is 11.0. The Labute approximate surface area is 189 Å². The number of non-ortho nitro benzene ring substituents is 1. The van der Waals surface area contributed by atoms with E-state index in [0.29, 0.717) is 0 Å². The summed E-state index contributed by atoms with van der Waals surface area (Å²) in [4.78, 5) is 22.3. The number of carbonyl (C=O) groups is 1. The Bertz CT molecular complexity index is 914. The van der Waals surface area contributed by atoms with Crippen molar-refractivity contribution in [2.75, 3.05) is 7.11 Å². The van der Waals surface area contributed by atoms with Crippen molar-refractivity contribution in [3.63, 3.8) is 0 Å². The Balaban J connectivity index is 2.00. The van der Waals surface area contributed by atoms with E-state index in [4.69, 9.17) is 9.47 Å². The highest BCUT2D eigenvalue weighted by Gasteiger charge is 2.07. The van der Waals surface area contributed by atoms with Gasteiger partial charge in [0.1, 0.15) is 11.5 Å². The molecule has 0 saturated carbocycles. The van der Waals surface area contributed by atoms with Crippen LogP contribution >= 0.6 is 0 Å². The number of carbonyl (C=O) groups excluding carboxylic acids is 1. The van der Waals surface area contributed by atoms with Gasteiger partial charge in [0.15, 0.2) is 0 Å². The van der Waals surface area contributed by atoms with Gasteiger partial charge in [-0.25, -0.2) is 4.79 Å².